The molecule has 0 atom stereocenters. The molecule has 76 valence electrons. The monoisotopic (exact) mass is 200 g/mol. The number of fused-ring (bicyclic) bond motifs is 1. The number of nitrogens with zero attached hydrogens (tertiary/aromatic N) is 2. The van der Waals surface area contributed by atoms with Crippen molar-refractivity contribution in [3.8, 4) is 0 Å². The molecule has 1 aromatic heterocycles. The highest BCUT2D eigenvalue weighted by atomic mass is 16.1. The quantitative estimate of drug-likeness (QED) is 0.696. The van der Waals surface area contributed by atoms with Gasteiger partial charge in [-0.1, -0.05) is 18.2 Å². The lowest BCUT2D eigenvalue weighted by Gasteiger charge is -1.99. The average molecular weight is 200 g/mol. The maximum atomic E-state index is 12.0. The Kier molecular flexibility index (Phi) is 1.69. The summed E-state index contributed by atoms with van der Waals surface area (Å²) in [4.78, 5) is 12.0. The summed E-state index contributed by atoms with van der Waals surface area (Å²) in [7, 11) is 1.84. The fraction of sp³-hybridized carbons (Fsp3) is 0.333. The minimum Gasteiger partial charge on any atom is -0.292 e. The molecule has 0 aliphatic heterocycles. The van der Waals surface area contributed by atoms with Gasteiger partial charge < -0.3 is 0 Å². The molecule has 0 N–H and O–H groups in total. The van der Waals surface area contributed by atoms with Crippen molar-refractivity contribution in [3.63, 3.8) is 0 Å². The van der Waals surface area contributed by atoms with Crippen molar-refractivity contribution in [2.75, 3.05) is 0 Å². The second-order valence-electron chi connectivity index (χ2n) is 4.13. The SMILES string of the molecule is Cn1nc2ccccc2c1C(=O)C1CC1. The molecule has 0 radical (unpaired) electrons. The normalized spacial score (nSPS) is 15.8. The van der Waals surface area contributed by atoms with Crippen molar-refractivity contribution in [1.29, 1.82) is 0 Å². The van der Waals surface area contributed by atoms with Crippen LogP contribution in [0.5, 0.6) is 0 Å². The van der Waals surface area contributed by atoms with Crippen LogP contribution in [0.4, 0.5) is 0 Å². The fourth-order valence-electron chi connectivity index (χ4n) is 1.98. The molecule has 3 nitrogen and oxygen atoms in total. The summed E-state index contributed by atoms with van der Waals surface area (Å²) in [6.07, 6.45) is 2.08. The second kappa shape index (κ2) is 2.92. The number of ketones is 1. The van der Waals surface area contributed by atoms with Gasteiger partial charge >= 0.3 is 0 Å². The molecule has 0 bridgehead atoms. The van der Waals surface area contributed by atoms with Crippen LogP contribution in [0.25, 0.3) is 10.9 Å². The molecule has 1 fully saturated rings. The maximum Gasteiger partial charge on any atom is 0.184 e. The predicted molar refractivity (Wildman–Crippen MR) is 57.8 cm³/mol. The van der Waals surface area contributed by atoms with Gasteiger partial charge in [0.15, 0.2) is 5.78 Å². The molecule has 1 saturated carbocycles. The summed E-state index contributed by atoms with van der Waals surface area (Å²) in [5, 5.41) is 5.32. The zero-order valence-corrected chi connectivity index (χ0v) is 8.60. The highest BCUT2D eigenvalue weighted by molar-refractivity contribution is 6.08. The zero-order valence-electron chi connectivity index (χ0n) is 8.60. The highest BCUT2D eigenvalue weighted by Crippen LogP contribution is 2.34. The minimum atomic E-state index is 0.254. The fourth-order valence-corrected chi connectivity index (χ4v) is 1.98. The molecular weight excluding hydrogens is 188 g/mol. The van der Waals surface area contributed by atoms with E-state index in [0.717, 1.165) is 29.4 Å². The van der Waals surface area contributed by atoms with Crippen molar-refractivity contribution in [2.24, 2.45) is 13.0 Å². The Morgan fingerprint density at radius 1 is 1.40 bits per heavy atom. The smallest absolute Gasteiger partial charge is 0.184 e. The number of aryl methyl sites for hydroxylation is 1. The third kappa shape index (κ3) is 1.27. The molecule has 1 aliphatic carbocycles. The van der Waals surface area contributed by atoms with Gasteiger partial charge in [-0.15, -0.1) is 0 Å². The summed E-state index contributed by atoms with van der Waals surface area (Å²) in [5.41, 5.74) is 1.68. The number of hydrogen-bond donors (Lipinski definition) is 0. The number of rotatable bonds is 2. The van der Waals surface area contributed by atoms with Gasteiger partial charge in [0.2, 0.25) is 0 Å². The van der Waals surface area contributed by atoms with Crippen molar-refractivity contribution in [2.45, 2.75) is 12.8 Å². The van der Waals surface area contributed by atoms with E-state index in [1.807, 2.05) is 31.3 Å². The van der Waals surface area contributed by atoms with Crippen molar-refractivity contribution in [3.05, 3.63) is 30.0 Å². The van der Waals surface area contributed by atoms with Gasteiger partial charge in [-0.05, 0) is 18.9 Å². The zero-order chi connectivity index (χ0) is 10.4. The van der Waals surface area contributed by atoms with Crippen molar-refractivity contribution < 1.29 is 4.79 Å². The lowest BCUT2D eigenvalue weighted by molar-refractivity contribution is 0.0960. The summed E-state index contributed by atoms with van der Waals surface area (Å²) in [5.74, 6) is 0.509. The van der Waals surface area contributed by atoms with E-state index in [4.69, 9.17) is 0 Å². The van der Waals surface area contributed by atoms with E-state index >= 15 is 0 Å². The Balaban J connectivity index is 2.23. The number of hydrogen-bond acceptors (Lipinski definition) is 2. The van der Waals surface area contributed by atoms with Gasteiger partial charge in [0.25, 0.3) is 0 Å². The summed E-state index contributed by atoms with van der Waals surface area (Å²) in [6, 6.07) is 7.81. The van der Waals surface area contributed by atoms with Gasteiger partial charge in [-0.3, -0.25) is 9.48 Å². The van der Waals surface area contributed by atoms with Crippen LogP contribution in [0.15, 0.2) is 24.3 Å². The molecule has 1 aromatic carbocycles. The first-order chi connectivity index (χ1) is 7.27. The lowest BCUT2D eigenvalue weighted by Crippen LogP contribution is -2.08. The number of carbonyl (C=O) groups excluding carboxylic acids is 1. The maximum absolute atomic E-state index is 12.0. The van der Waals surface area contributed by atoms with E-state index < -0.39 is 0 Å². The standard InChI is InChI=1S/C12H12N2O/c1-14-11(12(15)8-6-7-8)9-4-2-3-5-10(9)13-14/h2-5,8H,6-7H2,1H3. The van der Waals surface area contributed by atoms with Crippen LogP contribution in [0, 0.1) is 5.92 Å². The minimum absolute atomic E-state index is 0.254. The predicted octanol–water partition coefficient (Wildman–Crippen LogP) is 2.17. The molecular formula is C12H12N2O. The van der Waals surface area contributed by atoms with Crippen LogP contribution < -0.4 is 0 Å². The van der Waals surface area contributed by atoms with Gasteiger partial charge in [0.1, 0.15) is 5.69 Å². The first kappa shape index (κ1) is 8.65. The van der Waals surface area contributed by atoms with E-state index in [0.29, 0.717) is 0 Å². The molecule has 0 unspecified atom stereocenters. The Morgan fingerprint density at radius 3 is 2.87 bits per heavy atom. The molecule has 15 heavy (non-hydrogen) atoms. The third-order valence-corrected chi connectivity index (χ3v) is 2.92. The molecule has 0 saturated heterocycles. The van der Waals surface area contributed by atoms with Crippen LogP contribution in [-0.4, -0.2) is 15.6 Å². The van der Waals surface area contributed by atoms with Gasteiger partial charge in [-0.25, -0.2) is 0 Å². The Bertz CT molecular complexity index is 538. The van der Waals surface area contributed by atoms with E-state index in [2.05, 4.69) is 5.10 Å². The molecule has 3 rings (SSSR count). The average Bonchev–Trinajstić information content (AvgIpc) is 3.00. The number of carbonyl (C=O) groups is 1. The van der Waals surface area contributed by atoms with Gasteiger partial charge in [-0.2, -0.15) is 5.10 Å². The molecule has 0 spiro atoms. The highest BCUT2D eigenvalue weighted by Gasteiger charge is 2.33. The van der Waals surface area contributed by atoms with Gasteiger partial charge in [0.05, 0.1) is 5.52 Å². The van der Waals surface area contributed by atoms with Crippen LogP contribution in [0.3, 0.4) is 0 Å². The summed E-state index contributed by atoms with van der Waals surface area (Å²) in [6.45, 7) is 0. The molecule has 3 heteroatoms. The molecule has 2 aromatic rings. The number of benzene rings is 1. The van der Waals surface area contributed by atoms with E-state index in [9.17, 15) is 4.79 Å². The summed E-state index contributed by atoms with van der Waals surface area (Å²) < 4.78 is 1.71. The summed E-state index contributed by atoms with van der Waals surface area (Å²) >= 11 is 0. The van der Waals surface area contributed by atoms with E-state index in [1.165, 1.54) is 0 Å². The molecule has 1 aliphatic rings. The first-order valence-corrected chi connectivity index (χ1v) is 5.23. The number of aromatic nitrogens is 2. The van der Waals surface area contributed by atoms with Crippen LogP contribution in [0.1, 0.15) is 23.3 Å². The van der Waals surface area contributed by atoms with Crippen LogP contribution in [-0.2, 0) is 7.05 Å². The second-order valence-corrected chi connectivity index (χ2v) is 4.13. The van der Waals surface area contributed by atoms with Crippen LogP contribution in [0.2, 0.25) is 0 Å². The lowest BCUT2D eigenvalue weighted by atomic mass is 10.1. The van der Waals surface area contributed by atoms with Crippen molar-refractivity contribution in [1.82, 2.24) is 9.78 Å². The number of Topliss-reactive ketones (excluding diaryl/α,β-unsaturated/α-hetero) is 1. The third-order valence-electron chi connectivity index (χ3n) is 2.92. The van der Waals surface area contributed by atoms with Crippen molar-refractivity contribution >= 4 is 16.7 Å². The van der Waals surface area contributed by atoms with Gasteiger partial charge in [0, 0.05) is 18.4 Å². The molecule has 0 amide bonds. The topological polar surface area (TPSA) is 34.9 Å². The largest absolute Gasteiger partial charge is 0.292 e. The molecule has 1 heterocycles. The Labute approximate surface area is 87.7 Å². The Hall–Kier alpha value is -1.64. The van der Waals surface area contributed by atoms with E-state index in [1.54, 1.807) is 4.68 Å². The first-order valence-electron chi connectivity index (χ1n) is 5.23. The Morgan fingerprint density at radius 2 is 2.13 bits per heavy atom. The van der Waals surface area contributed by atoms with E-state index in [-0.39, 0.29) is 11.7 Å². The van der Waals surface area contributed by atoms with Crippen LogP contribution >= 0.6 is 0 Å².